The summed E-state index contributed by atoms with van der Waals surface area (Å²) < 4.78 is 0.387. The summed E-state index contributed by atoms with van der Waals surface area (Å²) in [6.07, 6.45) is 1.77. The maximum atomic E-state index is 12.3. The molecule has 1 saturated heterocycles. The maximum Gasteiger partial charge on any atom is 0.266 e. The Hall–Kier alpha value is -1.08. The molecule has 8 heteroatoms. The first-order valence-corrected chi connectivity index (χ1v) is 8.27. The molecule has 2 rings (SSSR count). The molecule has 0 N–H and O–H groups in total. The van der Waals surface area contributed by atoms with Crippen molar-refractivity contribution in [1.29, 1.82) is 0 Å². The molecule has 1 aliphatic rings. The van der Waals surface area contributed by atoms with Crippen molar-refractivity contribution >= 4 is 69.5 Å². The number of carboxylic acids is 1. The predicted molar refractivity (Wildman–Crippen MR) is 90.6 cm³/mol. The summed E-state index contributed by atoms with van der Waals surface area (Å²) in [5.74, 6) is -1.42. The average Bonchev–Trinajstić information content (AvgIpc) is 2.70. The van der Waals surface area contributed by atoms with Crippen molar-refractivity contribution in [3.8, 4) is 0 Å². The van der Waals surface area contributed by atoms with Gasteiger partial charge in [0.25, 0.3) is 5.91 Å². The lowest BCUT2D eigenvalue weighted by Gasteiger charge is -2.14. The Morgan fingerprint density at radius 3 is 2.59 bits per heavy atom. The quantitative estimate of drug-likeness (QED) is 0.585. The van der Waals surface area contributed by atoms with Crippen LogP contribution < -0.4 is 5.11 Å². The van der Waals surface area contributed by atoms with E-state index in [9.17, 15) is 14.7 Å². The van der Waals surface area contributed by atoms with Crippen LogP contribution in [0.1, 0.15) is 18.4 Å². The van der Waals surface area contributed by atoms with Gasteiger partial charge in [-0.3, -0.25) is 9.69 Å². The molecule has 0 aromatic heterocycles. The molecular weight excluding hydrogens is 365 g/mol. The Labute approximate surface area is 147 Å². The second-order valence-corrected chi connectivity index (χ2v) is 6.93. The summed E-state index contributed by atoms with van der Waals surface area (Å²) >= 11 is 18.5. The summed E-state index contributed by atoms with van der Waals surface area (Å²) in [5.41, 5.74) is 0.557. The lowest BCUT2D eigenvalue weighted by atomic mass is 10.2. The van der Waals surface area contributed by atoms with Gasteiger partial charge in [-0.2, -0.15) is 0 Å². The summed E-state index contributed by atoms with van der Waals surface area (Å²) in [5, 5.41) is 11.3. The Balaban J connectivity index is 2.17. The molecule has 1 aromatic carbocycles. The third-order valence-corrected chi connectivity index (χ3v) is 4.95. The van der Waals surface area contributed by atoms with E-state index in [1.54, 1.807) is 24.3 Å². The van der Waals surface area contributed by atoms with Gasteiger partial charge in [0, 0.05) is 28.1 Å². The molecule has 0 unspecified atom stereocenters. The smallest absolute Gasteiger partial charge is 0.266 e. The van der Waals surface area contributed by atoms with Gasteiger partial charge in [-0.15, -0.1) is 0 Å². The number of nitrogens with zero attached hydrogens (tertiary/aromatic N) is 1. The van der Waals surface area contributed by atoms with E-state index in [4.69, 9.17) is 35.4 Å². The van der Waals surface area contributed by atoms with Crippen molar-refractivity contribution in [2.24, 2.45) is 0 Å². The van der Waals surface area contributed by atoms with E-state index in [-0.39, 0.29) is 25.3 Å². The van der Waals surface area contributed by atoms with Gasteiger partial charge in [0.15, 0.2) is 0 Å². The normalized spacial score (nSPS) is 16.6. The van der Waals surface area contributed by atoms with Crippen LogP contribution in [0.25, 0.3) is 6.08 Å². The van der Waals surface area contributed by atoms with Crippen LogP contribution in [-0.4, -0.2) is 27.6 Å². The fourth-order valence-corrected chi connectivity index (χ4v) is 3.65. The molecule has 1 heterocycles. The van der Waals surface area contributed by atoms with Gasteiger partial charge < -0.3 is 9.90 Å². The van der Waals surface area contributed by atoms with Crippen molar-refractivity contribution < 1.29 is 14.7 Å². The maximum absolute atomic E-state index is 12.3. The topological polar surface area (TPSA) is 60.4 Å². The standard InChI is InChI=1S/C14H11Cl2NO3S2/c15-9-3-1-4-10(16)8(9)7-11-13(20)17(14(21)22-11)6-2-5-12(18)19/h1,3-4,7H,2,5-6H2,(H,18,19)/p-1/b11-7-. The van der Waals surface area contributed by atoms with Crippen molar-refractivity contribution in [3.05, 3.63) is 38.7 Å². The van der Waals surface area contributed by atoms with Crippen LogP contribution >= 0.6 is 47.2 Å². The molecule has 0 spiro atoms. The number of carboxylic acid groups (broad SMARTS) is 1. The van der Waals surface area contributed by atoms with E-state index in [2.05, 4.69) is 0 Å². The second kappa shape index (κ2) is 7.46. The molecule has 1 aromatic rings. The monoisotopic (exact) mass is 374 g/mol. The number of hydrogen-bond donors (Lipinski definition) is 0. The van der Waals surface area contributed by atoms with Gasteiger partial charge >= 0.3 is 0 Å². The number of aliphatic carboxylic acids is 1. The molecule has 22 heavy (non-hydrogen) atoms. The molecule has 4 nitrogen and oxygen atoms in total. The average molecular weight is 375 g/mol. The number of halogens is 2. The van der Waals surface area contributed by atoms with Crippen LogP contribution in [0, 0.1) is 0 Å². The predicted octanol–water partition coefficient (Wildman–Crippen LogP) is 2.72. The number of carbonyl (C=O) groups is 2. The zero-order valence-electron chi connectivity index (χ0n) is 11.2. The Morgan fingerprint density at radius 2 is 2.00 bits per heavy atom. The third-order valence-electron chi connectivity index (χ3n) is 2.91. The molecule has 0 atom stereocenters. The number of thiocarbonyl (C=S) groups is 1. The summed E-state index contributed by atoms with van der Waals surface area (Å²) in [7, 11) is 0. The van der Waals surface area contributed by atoms with Gasteiger partial charge in [-0.25, -0.2) is 0 Å². The van der Waals surface area contributed by atoms with Crippen LogP contribution in [0.3, 0.4) is 0 Å². The van der Waals surface area contributed by atoms with Crippen LogP contribution in [0.2, 0.25) is 10.0 Å². The van der Waals surface area contributed by atoms with E-state index in [0.29, 0.717) is 24.8 Å². The van der Waals surface area contributed by atoms with Crippen LogP contribution in [-0.2, 0) is 9.59 Å². The highest BCUT2D eigenvalue weighted by Crippen LogP contribution is 2.35. The van der Waals surface area contributed by atoms with E-state index >= 15 is 0 Å². The fourth-order valence-electron chi connectivity index (χ4n) is 1.85. The van der Waals surface area contributed by atoms with E-state index in [0.717, 1.165) is 11.8 Å². The van der Waals surface area contributed by atoms with Gasteiger partial charge in [0.05, 0.1) is 4.91 Å². The molecule has 1 amide bonds. The molecule has 116 valence electrons. The van der Waals surface area contributed by atoms with Crippen LogP contribution in [0.4, 0.5) is 0 Å². The van der Waals surface area contributed by atoms with Gasteiger partial charge in [0.2, 0.25) is 0 Å². The molecule has 1 fully saturated rings. The molecule has 0 bridgehead atoms. The zero-order chi connectivity index (χ0) is 16.3. The van der Waals surface area contributed by atoms with Crippen molar-refractivity contribution in [3.63, 3.8) is 0 Å². The summed E-state index contributed by atoms with van der Waals surface area (Å²) in [6.45, 7) is 0.242. The van der Waals surface area contributed by atoms with Crippen LogP contribution in [0.15, 0.2) is 23.1 Å². The Kier molecular flexibility index (Phi) is 5.86. The second-order valence-electron chi connectivity index (χ2n) is 4.44. The lowest BCUT2D eigenvalue weighted by molar-refractivity contribution is -0.305. The minimum Gasteiger partial charge on any atom is -0.550 e. The molecular formula is C14H10Cl2NO3S2-. The number of benzene rings is 1. The van der Waals surface area contributed by atoms with Crippen molar-refractivity contribution in [2.45, 2.75) is 12.8 Å². The summed E-state index contributed by atoms with van der Waals surface area (Å²) in [4.78, 5) is 24.5. The van der Waals surface area contributed by atoms with Gasteiger partial charge in [-0.05, 0) is 31.1 Å². The molecule has 1 aliphatic heterocycles. The molecule has 0 saturated carbocycles. The van der Waals surface area contributed by atoms with Crippen molar-refractivity contribution in [1.82, 2.24) is 4.90 Å². The fraction of sp³-hybridized carbons (Fsp3) is 0.214. The molecule has 0 radical (unpaired) electrons. The first-order valence-electron chi connectivity index (χ1n) is 6.29. The zero-order valence-corrected chi connectivity index (χ0v) is 14.3. The van der Waals surface area contributed by atoms with Gasteiger partial charge in [-0.1, -0.05) is 53.2 Å². The SMILES string of the molecule is O=C([O-])CCCN1C(=O)/C(=C/c2c(Cl)cccc2Cl)SC1=S. The highest BCUT2D eigenvalue weighted by atomic mass is 35.5. The van der Waals surface area contributed by atoms with E-state index in [1.807, 2.05) is 0 Å². The number of hydrogen-bond acceptors (Lipinski definition) is 5. The van der Waals surface area contributed by atoms with Gasteiger partial charge in [0.1, 0.15) is 4.32 Å². The first kappa shape index (κ1) is 17.3. The third kappa shape index (κ3) is 4.01. The van der Waals surface area contributed by atoms with Crippen molar-refractivity contribution in [2.75, 3.05) is 6.54 Å². The minimum absolute atomic E-state index is 0.119. The largest absolute Gasteiger partial charge is 0.550 e. The Bertz CT molecular complexity index is 656. The van der Waals surface area contributed by atoms with E-state index in [1.165, 1.54) is 4.90 Å². The summed E-state index contributed by atoms with van der Waals surface area (Å²) in [6, 6.07) is 5.08. The van der Waals surface area contributed by atoms with E-state index < -0.39 is 5.97 Å². The highest BCUT2D eigenvalue weighted by molar-refractivity contribution is 8.26. The first-order chi connectivity index (χ1) is 10.4. The number of amides is 1. The number of carbonyl (C=O) groups excluding carboxylic acids is 2. The number of thioether (sulfide) groups is 1. The van der Waals surface area contributed by atoms with Crippen LogP contribution in [0.5, 0.6) is 0 Å². The number of rotatable bonds is 5. The molecule has 0 aliphatic carbocycles. The lowest BCUT2D eigenvalue weighted by Crippen LogP contribution is -2.30. The highest BCUT2D eigenvalue weighted by Gasteiger charge is 2.31. The minimum atomic E-state index is -1.15. The Morgan fingerprint density at radius 1 is 1.36 bits per heavy atom.